The quantitative estimate of drug-likeness (QED) is 0.325. The lowest BCUT2D eigenvalue weighted by molar-refractivity contribution is -0.138. The number of ether oxygens (including phenoxy) is 3. The first-order chi connectivity index (χ1) is 16.3. The van der Waals surface area contributed by atoms with Crippen molar-refractivity contribution in [2.45, 2.75) is 20.8 Å². The summed E-state index contributed by atoms with van der Waals surface area (Å²) in [5.41, 5.74) is 1.77. The number of aliphatic hydroxyl groups is 1. The predicted molar refractivity (Wildman–Crippen MR) is 142 cm³/mol. The lowest BCUT2D eigenvalue weighted by atomic mass is 10.1. The van der Waals surface area contributed by atoms with Crippen molar-refractivity contribution in [3.8, 4) is 11.5 Å². The Morgan fingerprint density at radius 1 is 1.18 bits per heavy atom. The molecule has 0 aromatic heterocycles. The van der Waals surface area contributed by atoms with Crippen molar-refractivity contribution in [2.75, 3.05) is 20.3 Å². The number of hydrogen-bond donors (Lipinski definition) is 1. The summed E-state index contributed by atoms with van der Waals surface area (Å²) in [5, 5.41) is 11.0. The molecular formula is C25H24INO6S. The molecule has 0 radical (unpaired) electrons. The molecule has 178 valence electrons. The maximum absolute atomic E-state index is 12.8. The molecular weight excluding hydrogens is 569 g/mol. The van der Waals surface area contributed by atoms with Crippen LogP contribution in [0.2, 0.25) is 0 Å². The van der Waals surface area contributed by atoms with Crippen LogP contribution in [0.25, 0.3) is 6.08 Å². The van der Waals surface area contributed by atoms with E-state index in [4.69, 9.17) is 14.2 Å². The van der Waals surface area contributed by atoms with Crippen molar-refractivity contribution in [3.63, 3.8) is 0 Å². The number of carbonyl (C=O) groups excluding carboxylic acids is 2. The molecule has 3 rings (SSSR count). The Kier molecular flexibility index (Phi) is 8.78. The molecule has 0 fully saturated rings. The average molecular weight is 593 g/mol. The van der Waals surface area contributed by atoms with Crippen molar-refractivity contribution >= 4 is 57.3 Å². The van der Waals surface area contributed by atoms with Crippen LogP contribution in [0.3, 0.4) is 0 Å². The monoisotopic (exact) mass is 593 g/mol. The van der Waals surface area contributed by atoms with Crippen LogP contribution in [-0.4, -0.2) is 42.4 Å². The van der Waals surface area contributed by atoms with Gasteiger partial charge in [-0.1, -0.05) is 30.0 Å². The third-order valence-electron chi connectivity index (χ3n) is 4.78. The smallest absolute Gasteiger partial charge is 0.344 e. The van der Waals surface area contributed by atoms with Crippen molar-refractivity contribution in [3.05, 3.63) is 72.9 Å². The molecule has 0 saturated carbocycles. The summed E-state index contributed by atoms with van der Waals surface area (Å²) in [4.78, 5) is 30.0. The van der Waals surface area contributed by atoms with Crippen molar-refractivity contribution < 1.29 is 28.9 Å². The van der Waals surface area contributed by atoms with Crippen LogP contribution in [0.15, 0.2) is 57.6 Å². The normalized spacial score (nSPS) is 15.7. The molecule has 7 nitrogen and oxygen atoms in total. The van der Waals surface area contributed by atoms with E-state index < -0.39 is 11.9 Å². The molecule has 1 aliphatic heterocycles. The molecule has 0 aliphatic carbocycles. The maximum Gasteiger partial charge on any atom is 0.344 e. The molecule has 1 aliphatic rings. The summed E-state index contributed by atoms with van der Waals surface area (Å²) >= 11 is 3.17. The van der Waals surface area contributed by atoms with Gasteiger partial charge < -0.3 is 19.3 Å². The summed E-state index contributed by atoms with van der Waals surface area (Å²) < 4.78 is 17.0. The van der Waals surface area contributed by atoms with E-state index in [1.165, 1.54) is 0 Å². The van der Waals surface area contributed by atoms with E-state index in [0.29, 0.717) is 28.6 Å². The van der Waals surface area contributed by atoms with Crippen LogP contribution in [0.5, 0.6) is 11.5 Å². The van der Waals surface area contributed by atoms with Gasteiger partial charge in [-0.05, 0) is 78.8 Å². The number of aryl methyl sites for hydroxylation is 1. The van der Waals surface area contributed by atoms with Crippen molar-refractivity contribution in [2.24, 2.45) is 4.99 Å². The van der Waals surface area contributed by atoms with E-state index in [9.17, 15) is 14.7 Å². The third kappa shape index (κ3) is 5.64. The van der Waals surface area contributed by atoms with Gasteiger partial charge in [0, 0.05) is 5.56 Å². The highest BCUT2D eigenvalue weighted by atomic mass is 127. The first-order valence-corrected chi connectivity index (χ1v) is 12.4. The number of methoxy groups -OCH3 is 1. The molecule has 0 atom stereocenters. The van der Waals surface area contributed by atoms with Gasteiger partial charge in [-0.25, -0.2) is 9.79 Å². The fraction of sp³-hybridized carbons (Fsp3) is 0.240. The van der Waals surface area contributed by atoms with Crippen molar-refractivity contribution in [1.29, 1.82) is 0 Å². The van der Waals surface area contributed by atoms with Gasteiger partial charge >= 0.3 is 5.97 Å². The molecule has 34 heavy (non-hydrogen) atoms. The van der Waals surface area contributed by atoms with E-state index in [1.54, 1.807) is 51.3 Å². The molecule has 0 unspecified atom stereocenters. The summed E-state index contributed by atoms with van der Waals surface area (Å²) in [7, 11) is 1.57. The Hall–Kier alpha value is -2.79. The Labute approximate surface area is 216 Å². The molecule has 0 spiro atoms. The minimum absolute atomic E-state index is 0.0868. The Morgan fingerprint density at radius 3 is 2.56 bits per heavy atom. The summed E-state index contributed by atoms with van der Waals surface area (Å²) in [6, 6.07) is 10.7. The lowest BCUT2D eigenvalue weighted by Crippen LogP contribution is -2.14. The number of aliphatic hydroxyl groups excluding tert-OH is 1. The number of hydrogen-bond acceptors (Lipinski definition) is 7. The first kappa shape index (κ1) is 25.8. The average Bonchev–Trinajstić information content (AvgIpc) is 3.08. The molecule has 0 saturated heterocycles. The van der Waals surface area contributed by atoms with E-state index in [0.717, 1.165) is 26.5 Å². The van der Waals surface area contributed by atoms with Gasteiger partial charge in [0.25, 0.3) is 5.91 Å². The van der Waals surface area contributed by atoms with Crippen LogP contribution in [-0.2, 0) is 9.53 Å². The van der Waals surface area contributed by atoms with E-state index >= 15 is 0 Å². The van der Waals surface area contributed by atoms with Gasteiger partial charge in [-0.15, -0.1) is 0 Å². The Bertz CT molecular complexity index is 1220. The number of nitrogens with zero attached hydrogens (tertiary/aromatic N) is 1. The molecule has 1 amide bonds. The number of thioether (sulfide) groups is 1. The fourth-order valence-corrected chi connectivity index (χ4v) is 5.10. The molecule has 1 heterocycles. The second-order valence-corrected chi connectivity index (χ2v) is 9.25. The molecule has 9 heteroatoms. The molecule has 1 N–H and O–H groups in total. The van der Waals surface area contributed by atoms with Gasteiger partial charge in [-0.2, -0.15) is 0 Å². The van der Waals surface area contributed by atoms with Crippen LogP contribution < -0.4 is 9.47 Å². The molecule has 0 bridgehead atoms. The lowest BCUT2D eigenvalue weighted by Gasteiger charge is -2.12. The highest BCUT2D eigenvalue weighted by Gasteiger charge is 2.34. The van der Waals surface area contributed by atoms with Gasteiger partial charge in [0.2, 0.25) is 0 Å². The van der Waals surface area contributed by atoms with Gasteiger partial charge in [0.15, 0.2) is 11.5 Å². The summed E-state index contributed by atoms with van der Waals surface area (Å²) in [6.07, 6.45) is 1.70. The number of amides is 1. The number of aliphatic imine (C=N–C) groups is 1. The second-order valence-electron chi connectivity index (χ2n) is 7.06. The number of rotatable bonds is 7. The van der Waals surface area contributed by atoms with Gasteiger partial charge in [0.1, 0.15) is 16.4 Å². The van der Waals surface area contributed by atoms with Crippen LogP contribution in [0, 0.1) is 10.5 Å². The van der Waals surface area contributed by atoms with E-state index in [2.05, 4.69) is 27.6 Å². The number of benzene rings is 2. The molecule has 2 aromatic rings. The number of esters is 1. The third-order valence-corrected chi connectivity index (χ3v) is 6.60. The minimum atomic E-state index is -0.744. The number of carbonyl (C=O) groups is 2. The fourth-order valence-electron chi connectivity index (χ4n) is 3.24. The Balaban J connectivity index is 2.07. The zero-order chi connectivity index (χ0) is 24.8. The van der Waals surface area contributed by atoms with E-state index in [-0.39, 0.29) is 23.0 Å². The van der Waals surface area contributed by atoms with E-state index in [1.807, 2.05) is 19.1 Å². The minimum Gasteiger partial charge on any atom is -0.506 e. The number of halogens is 1. The van der Waals surface area contributed by atoms with Gasteiger partial charge in [0.05, 0.1) is 28.8 Å². The predicted octanol–water partition coefficient (Wildman–Crippen LogP) is 5.71. The second kappa shape index (κ2) is 11.6. The highest BCUT2D eigenvalue weighted by Crippen LogP contribution is 2.41. The van der Waals surface area contributed by atoms with Crippen LogP contribution >= 0.6 is 34.4 Å². The first-order valence-electron chi connectivity index (χ1n) is 10.5. The maximum atomic E-state index is 12.8. The summed E-state index contributed by atoms with van der Waals surface area (Å²) in [6.45, 7) is 5.92. The highest BCUT2D eigenvalue weighted by molar-refractivity contribution is 14.1. The van der Waals surface area contributed by atoms with Crippen molar-refractivity contribution in [1.82, 2.24) is 0 Å². The molecule has 2 aromatic carbocycles. The zero-order valence-corrected chi connectivity index (χ0v) is 22.2. The standard InChI is InChI=1S/C25H24INO6S/c1-5-32-18-12-15(11-17(26)22(18)31-4)13-19-21(28)20(25(30)33-6-2)24(34-19)27-23(29)16-10-8-7-9-14(16)3/h7-13,28H,5-6H2,1-4H3/b19-13-,27-24?. The van der Waals surface area contributed by atoms with Crippen LogP contribution in [0.4, 0.5) is 0 Å². The summed E-state index contributed by atoms with van der Waals surface area (Å²) in [5.74, 6) is -0.365. The SMILES string of the molecule is CCOC(=O)C1=C(O)/C(=C/c2cc(I)c(OC)c(OCC)c2)SC1=NC(=O)c1ccccc1C. The zero-order valence-electron chi connectivity index (χ0n) is 19.2. The van der Waals surface area contributed by atoms with Gasteiger partial charge in [-0.3, -0.25) is 4.79 Å². The largest absolute Gasteiger partial charge is 0.506 e. The Morgan fingerprint density at radius 2 is 1.91 bits per heavy atom. The topological polar surface area (TPSA) is 94.4 Å². The van der Waals surface area contributed by atoms with Crippen LogP contribution in [0.1, 0.15) is 35.3 Å².